The Morgan fingerprint density at radius 3 is 2.20 bits per heavy atom. The standard InChI is InChI=1S/C5H8O5/c6-2-3(7)1-4(8)5(9)10/h3,6-7H,1-2H2,(H,9,10). The van der Waals surface area contributed by atoms with Gasteiger partial charge in [-0.2, -0.15) is 0 Å². The summed E-state index contributed by atoms with van der Waals surface area (Å²) in [4.78, 5) is 20.0. The molecule has 0 bridgehead atoms. The van der Waals surface area contributed by atoms with Gasteiger partial charge in [0, 0.05) is 6.42 Å². The van der Waals surface area contributed by atoms with Gasteiger partial charge in [-0.15, -0.1) is 0 Å². The van der Waals surface area contributed by atoms with E-state index in [1.165, 1.54) is 0 Å². The summed E-state index contributed by atoms with van der Waals surface area (Å²) in [6, 6.07) is 0. The van der Waals surface area contributed by atoms with E-state index in [0.29, 0.717) is 0 Å². The molecular weight excluding hydrogens is 140 g/mol. The minimum Gasteiger partial charge on any atom is -0.475 e. The van der Waals surface area contributed by atoms with Gasteiger partial charge in [-0.05, 0) is 0 Å². The van der Waals surface area contributed by atoms with Crippen LogP contribution >= 0.6 is 0 Å². The molecule has 3 N–H and O–H groups in total. The van der Waals surface area contributed by atoms with E-state index in [1.807, 2.05) is 0 Å². The van der Waals surface area contributed by atoms with Crippen LogP contribution in [0.5, 0.6) is 0 Å². The van der Waals surface area contributed by atoms with Crippen LogP contribution in [0, 0.1) is 0 Å². The molecule has 0 saturated heterocycles. The topological polar surface area (TPSA) is 94.8 Å². The van der Waals surface area contributed by atoms with E-state index in [9.17, 15) is 9.59 Å². The third kappa shape index (κ3) is 3.16. The van der Waals surface area contributed by atoms with Crippen LogP contribution in [0.25, 0.3) is 0 Å². The fourth-order valence-corrected chi connectivity index (χ4v) is 0.366. The van der Waals surface area contributed by atoms with Crippen LogP contribution in [0.15, 0.2) is 0 Å². The molecule has 0 rings (SSSR count). The van der Waals surface area contributed by atoms with E-state index < -0.39 is 30.9 Å². The average Bonchev–Trinajstić information content (AvgIpc) is 1.87. The molecule has 0 aliphatic carbocycles. The number of carbonyl (C=O) groups is 2. The second-order valence-electron chi connectivity index (χ2n) is 1.77. The summed E-state index contributed by atoms with van der Waals surface area (Å²) in [5.74, 6) is -2.69. The number of aliphatic carboxylic acids is 1. The van der Waals surface area contributed by atoms with Crippen molar-refractivity contribution in [3.8, 4) is 0 Å². The molecule has 5 heteroatoms. The fraction of sp³-hybridized carbons (Fsp3) is 0.600. The summed E-state index contributed by atoms with van der Waals surface area (Å²) >= 11 is 0. The zero-order chi connectivity index (χ0) is 8.15. The monoisotopic (exact) mass is 148 g/mol. The minimum absolute atomic E-state index is 0.536. The molecule has 5 nitrogen and oxygen atoms in total. The first-order valence-electron chi connectivity index (χ1n) is 2.63. The van der Waals surface area contributed by atoms with Crippen molar-refractivity contribution in [2.24, 2.45) is 0 Å². The average molecular weight is 148 g/mol. The molecule has 1 atom stereocenters. The Morgan fingerprint density at radius 1 is 1.40 bits per heavy atom. The van der Waals surface area contributed by atoms with Gasteiger partial charge < -0.3 is 15.3 Å². The van der Waals surface area contributed by atoms with Crippen molar-refractivity contribution < 1.29 is 24.9 Å². The molecule has 0 spiro atoms. The molecule has 0 aromatic heterocycles. The zero-order valence-electron chi connectivity index (χ0n) is 5.15. The highest BCUT2D eigenvalue weighted by atomic mass is 16.4. The van der Waals surface area contributed by atoms with Crippen molar-refractivity contribution in [1.29, 1.82) is 0 Å². The highest BCUT2D eigenvalue weighted by molar-refractivity contribution is 6.32. The fourth-order valence-electron chi connectivity index (χ4n) is 0.366. The highest BCUT2D eigenvalue weighted by Crippen LogP contribution is 1.90. The Labute approximate surface area is 56.9 Å². The Morgan fingerprint density at radius 2 is 1.90 bits per heavy atom. The molecule has 0 amide bonds. The van der Waals surface area contributed by atoms with Crippen LogP contribution in [0.3, 0.4) is 0 Å². The molecule has 0 aliphatic rings. The van der Waals surface area contributed by atoms with Crippen LogP contribution in [-0.4, -0.2) is 39.8 Å². The lowest BCUT2D eigenvalue weighted by atomic mass is 10.2. The van der Waals surface area contributed by atoms with Gasteiger partial charge in [0.2, 0.25) is 5.78 Å². The second kappa shape index (κ2) is 3.97. The first kappa shape index (κ1) is 9.06. The summed E-state index contributed by atoms with van der Waals surface area (Å²) in [5, 5.41) is 24.7. The van der Waals surface area contributed by atoms with Crippen molar-refractivity contribution in [3.05, 3.63) is 0 Å². The summed E-state index contributed by atoms with van der Waals surface area (Å²) in [7, 11) is 0. The van der Waals surface area contributed by atoms with E-state index >= 15 is 0 Å². The SMILES string of the molecule is O=C(O)C(=O)CC(O)CO. The Hall–Kier alpha value is -0.940. The summed E-state index contributed by atoms with van der Waals surface area (Å²) < 4.78 is 0. The van der Waals surface area contributed by atoms with Crippen LogP contribution < -0.4 is 0 Å². The number of carbonyl (C=O) groups excluding carboxylic acids is 1. The summed E-state index contributed by atoms with van der Waals surface area (Å²) in [6.07, 6.45) is -1.80. The van der Waals surface area contributed by atoms with E-state index in [0.717, 1.165) is 0 Å². The predicted molar refractivity (Wildman–Crippen MR) is 30.4 cm³/mol. The maximum Gasteiger partial charge on any atom is 0.372 e. The lowest BCUT2D eigenvalue weighted by molar-refractivity contribution is -0.150. The van der Waals surface area contributed by atoms with Crippen molar-refractivity contribution in [2.75, 3.05) is 6.61 Å². The van der Waals surface area contributed by atoms with E-state index in [2.05, 4.69) is 0 Å². The van der Waals surface area contributed by atoms with Gasteiger partial charge in [0.15, 0.2) is 0 Å². The number of aliphatic hydroxyl groups is 2. The van der Waals surface area contributed by atoms with Gasteiger partial charge in [0.05, 0.1) is 12.7 Å². The maximum absolute atomic E-state index is 10.2. The lowest BCUT2D eigenvalue weighted by Crippen LogP contribution is -2.22. The largest absolute Gasteiger partial charge is 0.475 e. The first-order chi connectivity index (χ1) is 4.57. The molecule has 0 aromatic rings. The molecule has 0 aromatic carbocycles. The normalized spacial score (nSPS) is 12.6. The maximum atomic E-state index is 10.2. The van der Waals surface area contributed by atoms with E-state index in [-0.39, 0.29) is 0 Å². The number of ketones is 1. The van der Waals surface area contributed by atoms with E-state index in [4.69, 9.17) is 15.3 Å². The van der Waals surface area contributed by atoms with Gasteiger partial charge in [-0.25, -0.2) is 4.79 Å². The van der Waals surface area contributed by atoms with E-state index in [1.54, 1.807) is 0 Å². The Balaban J connectivity index is 3.68. The molecule has 0 heterocycles. The third-order valence-corrected chi connectivity index (χ3v) is 0.870. The van der Waals surface area contributed by atoms with Crippen molar-refractivity contribution in [1.82, 2.24) is 0 Å². The molecule has 0 aliphatic heterocycles. The van der Waals surface area contributed by atoms with Gasteiger partial charge in [-0.3, -0.25) is 4.79 Å². The Kier molecular flexibility index (Phi) is 3.60. The molecule has 0 fully saturated rings. The number of aliphatic hydroxyl groups excluding tert-OH is 2. The number of rotatable bonds is 4. The second-order valence-corrected chi connectivity index (χ2v) is 1.77. The smallest absolute Gasteiger partial charge is 0.372 e. The summed E-state index contributed by atoms with van der Waals surface area (Å²) in [6.45, 7) is -0.598. The number of hydrogen-bond acceptors (Lipinski definition) is 4. The number of carboxylic acid groups (broad SMARTS) is 1. The molecule has 10 heavy (non-hydrogen) atoms. The summed E-state index contributed by atoms with van der Waals surface area (Å²) in [5.41, 5.74) is 0. The highest BCUT2D eigenvalue weighted by Gasteiger charge is 2.15. The van der Waals surface area contributed by atoms with Gasteiger partial charge in [-0.1, -0.05) is 0 Å². The first-order valence-corrected chi connectivity index (χ1v) is 2.63. The van der Waals surface area contributed by atoms with Gasteiger partial charge in [0.25, 0.3) is 0 Å². The van der Waals surface area contributed by atoms with Crippen LogP contribution in [0.2, 0.25) is 0 Å². The number of Topliss-reactive ketones (excluding diaryl/α,β-unsaturated/α-hetero) is 1. The predicted octanol–water partition coefficient (Wildman–Crippen LogP) is -1.62. The molecule has 0 saturated carbocycles. The zero-order valence-corrected chi connectivity index (χ0v) is 5.15. The quantitative estimate of drug-likeness (QED) is 0.416. The molecule has 1 unspecified atom stereocenters. The van der Waals surface area contributed by atoms with Crippen LogP contribution in [-0.2, 0) is 9.59 Å². The van der Waals surface area contributed by atoms with Gasteiger partial charge in [0.1, 0.15) is 0 Å². The van der Waals surface area contributed by atoms with Crippen LogP contribution in [0.1, 0.15) is 6.42 Å². The third-order valence-electron chi connectivity index (χ3n) is 0.870. The van der Waals surface area contributed by atoms with Crippen molar-refractivity contribution in [3.63, 3.8) is 0 Å². The number of hydrogen-bond donors (Lipinski definition) is 3. The Bertz CT molecular complexity index is 141. The molecule has 58 valence electrons. The van der Waals surface area contributed by atoms with Crippen molar-refractivity contribution >= 4 is 11.8 Å². The van der Waals surface area contributed by atoms with Crippen LogP contribution in [0.4, 0.5) is 0 Å². The van der Waals surface area contributed by atoms with Crippen molar-refractivity contribution in [2.45, 2.75) is 12.5 Å². The number of carboxylic acids is 1. The molecule has 0 radical (unpaired) electrons. The van der Waals surface area contributed by atoms with Gasteiger partial charge >= 0.3 is 5.97 Å². The molecular formula is C5H8O5. The lowest BCUT2D eigenvalue weighted by Gasteiger charge is -2.01. The minimum atomic E-state index is -1.59.